The fourth-order valence-corrected chi connectivity index (χ4v) is 2.43. The van der Waals surface area contributed by atoms with Crippen molar-refractivity contribution >= 4 is 22.6 Å². The lowest BCUT2D eigenvalue weighted by atomic mass is 10.2. The molecule has 1 aliphatic heterocycles. The van der Waals surface area contributed by atoms with Crippen molar-refractivity contribution in [3.8, 4) is 0 Å². The van der Waals surface area contributed by atoms with Crippen LogP contribution in [-0.4, -0.2) is 43.5 Å². The highest BCUT2D eigenvalue weighted by Gasteiger charge is 2.29. The molecule has 2 atom stereocenters. The minimum atomic E-state index is -0.274. The van der Waals surface area contributed by atoms with Crippen LogP contribution in [-0.2, 0) is 9.47 Å². The molecule has 1 aliphatic rings. The van der Waals surface area contributed by atoms with Crippen molar-refractivity contribution in [1.82, 2.24) is 10.3 Å². The molecule has 1 saturated heterocycles. The van der Waals surface area contributed by atoms with Gasteiger partial charge in [0.2, 0.25) is 0 Å². The van der Waals surface area contributed by atoms with Crippen LogP contribution in [0, 0.1) is 0 Å². The molecular weight excluding hydrogens is 270 g/mol. The summed E-state index contributed by atoms with van der Waals surface area (Å²) in [6.45, 7) is 0.961. The second-order valence-electron chi connectivity index (χ2n) is 4.89. The minimum Gasteiger partial charge on any atom is -0.377 e. The van der Waals surface area contributed by atoms with Crippen LogP contribution in [0.15, 0.2) is 36.5 Å². The number of hydrogen-bond donors (Lipinski definition) is 2. The van der Waals surface area contributed by atoms with Gasteiger partial charge in [0.05, 0.1) is 30.5 Å². The quantitative estimate of drug-likeness (QED) is 0.902. The fraction of sp³-hybridized carbons (Fsp3) is 0.333. The highest BCUT2D eigenvalue weighted by atomic mass is 16.5. The third-order valence-corrected chi connectivity index (χ3v) is 3.54. The van der Waals surface area contributed by atoms with Crippen LogP contribution in [0.3, 0.4) is 0 Å². The Labute approximate surface area is 122 Å². The molecule has 6 nitrogen and oxygen atoms in total. The maximum absolute atomic E-state index is 12.1. The van der Waals surface area contributed by atoms with Gasteiger partial charge >= 0.3 is 6.03 Å². The summed E-state index contributed by atoms with van der Waals surface area (Å²) in [7, 11) is 1.61. The molecule has 1 aromatic heterocycles. The summed E-state index contributed by atoms with van der Waals surface area (Å²) < 4.78 is 10.6. The van der Waals surface area contributed by atoms with E-state index in [0.717, 1.165) is 16.6 Å². The number of pyridine rings is 1. The van der Waals surface area contributed by atoms with Gasteiger partial charge in [0.1, 0.15) is 6.10 Å². The van der Waals surface area contributed by atoms with Crippen molar-refractivity contribution in [1.29, 1.82) is 0 Å². The van der Waals surface area contributed by atoms with E-state index in [2.05, 4.69) is 15.6 Å². The largest absolute Gasteiger partial charge is 0.377 e. The van der Waals surface area contributed by atoms with E-state index in [4.69, 9.17) is 9.47 Å². The van der Waals surface area contributed by atoms with Crippen molar-refractivity contribution in [2.45, 2.75) is 12.1 Å². The van der Waals surface area contributed by atoms with E-state index in [9.17, 15) is 4.79 Å². The highest BCUT2D eigenvalue weighted by Crippen LogP contribution is 2.20. The molecule has 2 heterocycles. The Balaban J connectivity index is 1.72. The molecule has 6 heteroatoms. The first kappa shape index (κ1) is 13.8. The van der Waals surface area contributed by atoms with Crippen molar-refractivity contribution in [2.75, 3.05) is 25.6 Å². The number of ether oxygens (including phenoxy) is 2. The number of amides is 2. The zero-order valence-electron chi connectivity index (χ0n) is 11.7. The number of aromatic nitrogens is 1. The molecule has 2 amide bonds. The van der Waals surface area contributed by atoms with Crippen LogP contribution < -0.4 is 10.6 Å². The topological polar surface area (TPSA) is 72.5 Å². The number of carbonyl (C=O) groups is 1. The molecular formula is C15H17N3O3. The molecule has 0 radical (unpaired) electrons. The monoisotopic (exact) mass is 287 g/mol. The molecule has 0 spiro atoms. The number of nitrogens with one attached hydrogen (secondary N) is 2. The number of fused-ring (bicyclic) bond motifs is 1. The van der Waals surface area contributed by atoms with Gasteiger partial charge in [-0.3, -0.25) is 4.98 Å². The number of anilines is 1. The van der Waals surface area contributed by atoms with E-state index in [1.807, 2.05) is 24.3 Å². The Bertz CT molecular complexity index is 642. The first-order valence-corrected chi connectivity index (χ1v) is 6.80. The van der Waals surface area contributed by atoms with E-state index < -0.39 is 0 Å². The molecule has 2 aromatic rings. The van der Waals surface area contributed by atoms with Crippen molar-refractivity contribution in [3.05, 3.63) is 36.5 Å². The Morgan fingerprint density at radius 3 is 3.05 bits per heavy atom. The summed E-state index contributed by atoms with van der Waals surface area (Å²) in [5, 5.41) is 6.63. The lowest BCUT2D eigenvalue weighted by Gasteiger charge is -2.18. The standard InChI is InChI=1S/C15H17N3O3/c1-20-14-9-21-8-13(14)18-15(19)17-12-6-7-16-11-5-3-2-4-10(11)12/h2-7,13-14H,8-9H2,1H3,(H2,16,17,18,19)/t13-,14+/m0/s1. The van der Waals surface area contributed by atoms with E-state index in [1.165, 1.54) is 0 Å². The molecule has 3 rings (SSSR count). The Kier molecular flexibility index (Phi) is 3.98. The zero-order chi connectivity index (χ0) is 14.7. The summed E-state index contributed by atoms with van der Waals surface area (Å²) in [5.41, 5.74) is 1.57. The summed E-state index contributed by atoms with van der Waals surface area (Å²) in [6.07, 6.45) is 1.57. The lowest BCUT2D eigenvalue weighted by molar-refractivity contribution is 0.0748. The maximum atomic E-state index is 12.1. The predicted octanol–water partition coefficient (Wildman–Crippen LogP) is 1.77. The first-order valence-electron chi connectivity index (χ1n) is 6.80. The Hall–Kier alpha value is -2.18. The smallest absolute Gasteiger partial charge is 0.319 e. The minimum absolute atomic E-state index is 0.107. The van der Waals surface area contributed by atoms with E-state index in [-0.39, 0.29) is 18.2 Å². The van der Waals surface area contributed by atoms with Gasteiger partial charge in [-0.1, -0.05) is 18.2 Å². The van der Waals surface area contributed by atoms with E-state index in [1.54, 1.807) is 19.4 Å². The molecule has 0 aliphatic carbocycles. The van der Waals surface area contributed by atoms with Gasteiger partial charge in [0.15, 0.2) is 0 Å². The van der Waals surface area contributed by atoms with Crippen LogP contribution in [0.1, 0.15) is 0 Å². The molecule has 110 valence electrons. The Morgan fingerprint density at radius 1 is 1.33 bits per heavy atom. The second kappa shape index (κ2) is 6.07. The molecule has 21 heavy (non-hydrogen) atoms. The summed E-state index contributed by atoms with van der Waals surface area (Å²) in [6, 6.07) is 9.03. The van der Waals surface area contributed by atoms with Gasteiger partial charge in [-0.15, -0.1) is 0 Å². The van der Waals surface area contributed by atoms with Crippen molar-refractivity contribution in [3.63, 3.8) is 0 Å². The average molecular weight is 287 g/mol. The fourth-order valence-electron chi connectivity index (χ4n) is 2.43. The predicted molar refractivity (Wildman–Crippen MR) is 79.3 cm³/mol. The molecule has 1 fully saturated rings. The number of carbonyl (C=O) groups excluding carboxylic acids is 1. The molecule has 1 aromatic carbocycles. The summed E-state index contributed by atoms with van der Waals surface area (Å²) >= 11 is 0. The van der Waals surface area contributed by atoms with Gasteiger partial charge in [-0.05, 0) is 12.1 Å². The number of rotatable bonds is 3. The first-order chi connectivity index (χ1) is 10.3. The number of para-hydroxylation sites is 1. The number of urea groups is 1. The zero-order valence-corrected chi connectivity index (χ0v) is 11.7. The number of benzene rings is 1. The summed E-state index contributed by atoms with van der Waals surface area (Å²) in [4.78, 5) is 16.4. The normalized spacial score (nSPS) is 21.4. The highest BCUT2D eigenvalue weighted by molar-refractivity contribution is 6.00. The average Bonchev–Trinajstić information content (AvgIpc) is 2.94. The number of hydrogen-bond acceptors (Lipinski definition) is 4. The molecule has 0 bridgehead atoms. The van der Waals surface area contributed by atoms with Gasteiger partial charge < -0.3 is 20.1 Å². The van der Waals surface area contributed by atoms with Gasteiger partial charge in [-0.2, -0.15) is 0 Å². The Morgan fingerprint density at radius 2 is 2.19 bits per heavy atom. The van der Waals surface area contributed by atoms with E-state index in [0.29, 0.717) is 13.2 Å². The SMILES string of the molecule is CO[C@@H]1COC[C@@H]1NC(=O)Nc1ccnc2ccccc12. The molecule has 0 unspecified atom stereocenters. The van der Waals surface area contributed by atoms with Crippen molar-refractivity contribution < 1.29 is 14.3 Å². The van der Waals surface area contributed by atoms with Crippen LogP contribution in [0.4, 0.5) is 10.5 Å². The number of nitrogens with zero attached hydrogens (tertiary/aromatic N) is 1. The lowest BCUT2D eigenvalue weighted by Crippen LogP contribution is -2.45. The number of methoxy groups -OCH3 is 1. The summed E-state index contributed by atoms with van der Waals surface area (Å²) in [5.74, 6) is 0. The molecule has 0 saturated carbocycles. The van der Waals surface area contributed by atoms with Gasteiger partial charge in [0, 0.05) is 18.7 Å². The van der Waals surface area contributed by atoms with Crippen LogP contribution >= 0.6 is 0 Å². The van der Waals surface area contributed by atoms with E-state index >= 15 is 0 Å². The van der Waals surface area contributed by atoms with Gasteiger partial charge in [-0.25, -0.2) is 4.79 Å². The third-order valence-electron chi connectivity index (χ3n) is 3.54. The van der Waals surface area contributed by atoms with Crippen LogP contribution in [0.5, 0.6) is 0 Å². The second-order valence-corrected chi connectivity index (χ2v) is 4.89. The van der Waals surface area contributed by atoms with Crippen LogP contribution in [0.2, 0.25) is 0 Å². The van der Waals surface area contributed by atoms with Gasteiger partial charge in [0.25, 0.3) is 0 Å². The third kappa shape index (κ3) is 2.96. The molecule has 2 N–H and O–H groups in total. The van der Waals surface area contributed by atoms with Crippen LogP contribution in [0.25, 0.3) is 10.9 Å². The van der Waals surface area contributed by atoms with Crippen molar-refractivity contribution in [2.24, 2.45) is 0 Å². The maximum Gasteiger partial charge on any atom is 0.319 e.